The quantitative estimate of drug-likeness (QED) is 0.376. The molecule has 4 nitrogen and oxygen atoms in total. The van der Waals surface area contributed by atoms with Gasteiger partial charge in [-0.1, -0.05) is 45.0 Å². The zero-order valence-electron chi connectivity index (χ0n) is 18.3. The molecule has 2 N–H and O–H groups in total. The maximum Gasteiger partial charge on any atom is 0.188 e. The number of rotatable bonds is 9. The number of methoxy groups -OCH3 is 1. The molecule has 0 spiro atoms. The maximum absolute atomic E-state index is 6.41. The van der Waals surface area contributed by atoms with Crippen LogP contribution in [0.15, 0.2) is 52.3 Å². The van der Waals surface area contributed by atoms with Gasteiger partial charge >= 0.3 is 0 Å². The molecular formula is C24H33NO3S2. The molecule has 0 fully saturated rings. The molecule has 0 bridgehead atoms. The van der Waals surface area contributed by atoms with Crippen molar-refractivity contribution in [3.63, 3.8) is 0 Å². The largest absolute Gasteiger partial charge is 0.474 e. The third kappa shape index (κ3) is 6.10. The van der Waals surface area contributed by atoms with E-state index in [9.17, 15) is 0 Å². The molecule has 164 valence electrons. The van der Waals surface area contributed by atoms with Crippen LogP contribution in [0.3, 0.4) is 0 Å². The Hall–Kier alpha value is -1.34. The van der Waals surface area contributed by atoms with Gasteiger partial charge in [0.25, 0.3) is 0 Å². The first-order valence-corrected chi connectivity index (χ1v) is 12.5. The van der Waals surface area contributed by atoms with Gasteiger partial charge in [-0.15, -0.1) is 23.5 Å². The Balaban J connectivity index is 1.61. The minimum Gasteiger partial charge on any atom is -0.474 e. The molecule has 30 heavy (non-hydrogen) atoms. The highest BCUT2D eigenvalue weighted by molar-refractivity contribution is 7.99. The summed E-state index contributed by atoms with van der Waals surface area (Å²) in [6, 6.07) is 14.6. The van der Waals surface area contributed by atoms with E-state index in [1.165, 1.54) is 15.4 Å². The molecule has 0 amide bonds. The Labute approximate surface area is 189 Å². The monoisotopic (exact) mass is 447 g/mol. The lowest BCUT2D eigenvalue weighted by Crippen LogP contribution is -2.37. The fourth-order valence-electron chi connectivity index (χ4n) is 3.59. The van der Waals surface area contributed by atoms with Crippen molar-refractivity contribution in [3.05, 3.63) is 48.0 Å². The Kier molecular flexibility index (Phi) is 8.81. The summed E-state index contributed by atoms with van der Waals surface area (Å²) < 4.78 is 17.1. The van der Waals surface area contributed by atoms with E-state index < -0.39 is 0 Å². The zero-order valence-corrected chi connectivity index (χ0v) is 19.9. The molecule has 3 atom stereocenters. The van der Waals surface area contributed by atoms with E-state index in [2.05, 4.69) is 51.1 Å². The van der Waals surface area contributed by atoms with Crippen molar-refractivity contribution >= 4 is 23.5 Å². The molecule has 2 aromatic carbocycles. The van der Waals surface area contributed by atoms with Crippen LogP contribution in [-0.2, 0) is 4.74 Å². The second-order valence-corrected chi connectivity index (χ2v) is 10.3. The summed E-state index contributed by atoms with van der Waals surface area (Å²) >= 11 is 3.70. The molecule has 1 aliphatic heterocycles. The molecule has 0 aromatic heterocycles. The first-order valence-electron chi connectivity index (χ1n) is 10.5. The number of para-hydroxylation sites is 2. The predicted molar refractivity (Wildman–Crippen MR) is 127 cm³/mol. The van der Waals surface area contributed by atoms with E-state index >= 15 is 0 Å². The van der Waals surface area contributed by atoms with Crippen LogP contribution in [0, 0.1) is 11.8 Å². The van der Waals surface area contributed by atoms with Crippen molar-refractivity contribution in [2.45, 2.75) is 49.1 Å². The first kappa shape index (κ1) is 23.3. The zero-order chi connectivity index (χ0) is 21.5. The Morgan fingerprint density at radius 1 is 1.17 bits per heavy atom. The van der Waals surface area contributed by atoms with Crippen LogP contribution in [0.25, 0.3) is 0 Å². The Morgan fingerprint density at radius 2 is 1.97 bits per heavy atom. The molecule has 0 saturated heterocycles. The number of hydrogen-bond donors (Lipinski definition) is 1. The maximum atomic E-state index is 6.41. The number of benzene rings is 2. The summed E-state index contributed by atoms with van der Waals surface area (Å²) in [5.41, 5.74) is 7.63. The third-order valence-corrected chi connectivity index (χ3v) is 7.82. The number of hydrogen-bond acceptors (Lipinski definition) is 6. The van der Waals surface area contributed by atoms with Gasteiger partial charge in [0, 0.05) is 34.3 Å². The summed E-state index contributed by atoms with van der Waals surface area (Å²) in [6.07, 6.45) is 0.770. The highest BCUT2D eigenvalue weighted by atomic mass is 32.2. The van der Waals surface area contributed by atoms with Crippen LogP contribution in [0.5, 0.6) is 11.5 Å². The van der Waals surface area contributed by atoms with Gasteiger partial charge < -0.3 is 14.2 Å². The smallest absolute Gasteiger partial charge is 0.188 e. The topological polar surface area (TPSA) is 53.7 Å². The molecule has 1 unspecified atom stereocenters. The van der Waals surface area contributed by atoms with Crippen molar-refractivity contribution in [2.75, 3.05) is 25.4 Å². The van der Waals surface area contributed by atoms with Gasteiger partial charge in [0.05, 0.1) is 0 Å². The van der Waals surface area contributed by atoms with Gasteiger partial charge in [0.1, 0.15) is 11.5 Å². The molecule has 6 heteroatoms. The van der Waals surface area contributed by atoms with E-state index in [4.69, 9.17) is 19.9 Å². The van der Waals surface area contributed by atoms with Crippen LogP contribution in [0.1, 0.15) is 38.7 Å². The SMILES string of the molecule is COCOc1c(SC[C@@H](C)C[C@H]2CSc3ccccc3OC2N)cccc1C(C)C. The van der Waals surface area contributed by atoms with Crippen molar-refractivity contribution < 1.29 is 14.2 Å². The summed E-state index contributed by atoms with van der Waals surface area (Å²) in [7, 11) is 1.65. The molecule has 0 aliphatic carbocycles. The molecule has 2 aromatic rings. The van der Waals surface area contributed by atoms with Crippen LogP contribution in [0.4, 0.5) is 0 Å². The molecule has 0 saturated carbocycles. The van der Waals surface area contributed by atoms with Gasteiger partial charge in [0.2, 0.25) is 0 Å². The number of thioether (sulfide) groups is 2. The van der Waals surface area contributed by atoms with E-state index in [1.54, 1.807) is 7.11 Å². The summed E-state index contributed by atoms with van der Waals surface area (Å²) in [5, 5.41) is 0. The van der Waals surface area contributed by atoms with Crippen LogP contribution in [0.2, 0.25) is 0 Å². The van der Waals surface area contributed by atoms with E-state index in [0.29, 0.717) is 17.8 Å². The van der Waals surface area contributed by atoms with Crippen molar-refractivity contribution in [1.82, 2.24) is 0 Å². The van der Waals surface area contributed by atoms with Gasteiger partial charge in [-0.25, -0.2) is 0 Å². The average molecular weight is 448 g/mol. The molecular weight excluding hydrogens is 414 g/mol. The molecule has 3 rings (SSSR count). The second kappa shape index (κ2) is 11.3. The van der Waals surface area contributed by atoms with E-state index in [1.807, 2.05) is 35.7 Å². The fourth-order valence-corrected chi connectivity index (χ4v) is 5.83. The standard InChI is InChI=1S/C24H33NO3S2/c1-16(2)19-8-7-11-22(23(19)27-15-26-4)29-13-17(3)12-18-14-30-21-10-6-5-9-20(21)28-24(18)25/h5-11,16-18,24H,12-15,25H2,1-4H3/t17-,18-,24?/m0/s1. The minimum atomic E-state index is -0.265. The first-order chi connectivity index (χ1) is 14.5. The van der Waals surface area contributed by atoms with Gasteiger partial charge in [-0.2, -0.15) is 0 Å². The van der Waals surface area contributed by atoms with Crippen LogP contribution >= 0.6 is 23.5 Å². The van der Waals surface area contributed by atoms with Crippen LogP contribution in [-0.4, -0.2) is 31.6 Å². The molecule has 1 aliphatic rings. The minimum absolute atomic E-state index is 0.263. The Morgan fingerprint density at radius 3 is 2.73 bits per heavy atom. The number of fused-ring (bicyclic) bond motifs is 1. The van der Waals surface area contributed by atoms with Gasteiger partial charge in [0.15, 0.2) is 13.0 Å². The summed E-state index contributed by atoms with van der Waals surface area (Å²) in [6.45, 7) is 6.94. The lowest BCUT2D eigenvalue weighted by Gasteiger charge is -2.24. The highest BCUT2D eigenvalue weighted by Gasteiger charge is 2.27. The third-order valence-electron chi connectivity index (χ3n) is 5.21. The average Bonchev–Trinajstić information content (AvgIpc) is 2.89. The van der Waals surface area contributed by atoms with Crippen molar-refractivity contribution in [2.24, 2.45) is 17.6 Å². The van der Waals surface area contributed by atoms with Crippen molar-refractivity contribution in [3.8, 4) is 11.5 Å². The molecule has 0 radical (unpaired) electrons. The predicted octanol–water partition coefficient (Wildman–Crippen LogP) is 6.00. The normalized spacial score (nSPS) is 19.7. The van der Waals surface area contributed by atoms with Gasteiger partial charge in [-0.05, 0) is 42.0 Å². The lowest BCUT2D eigenvalue weighted by atomic mass is 9.97. The van der Waals surface area contributed by atoms with E-state index in [0.717, 1.165) is 29.4 Å². The molecule has 1 heterocycles. The summed E-state index contributed by atoms with van der Waals surface area (Å²) in [4.78, 5) is 2.36. The number of nitrogens with two attached hydrogens (primary N) is 1. The lowest BCUT2D eigenvalue weighted by molar-refractivity contribution is 0.0482. The van der Waals surface area contributed by atoms with Crippen LogP contribution < -0.4 is 15.2 Å². The van der Waals surface area contributed by atoms with Crippen molar-refractivity contribution in [1.29, 1.82) is 0 Å². The summed E-state index contributed by atoms with van der Waals surface area (Å²) in [5.74, 6) is 5.08. The highest BCUT2D eigenvalue weighted by Crippen LogP contribution is 2.39. The Bertz CT molecular complexity index is 815. The number of ether oxygens (including phenoxy) is 3. The second-order valence-electron chi connectivity index (χ2n) is 8.13. The van der Waals surface area contributed by atoms with Gasteiger partial charge in [-0.3, -0.25) is 5.73 Å². The van der Waals surface area contributed by atoms with E-state index in [-0.39, 0.29) is 13.0 Å². The fraction of sp³-hybridized carbons (Fsp3) is 0.500.